The maximum atomic E-state index is 10.3. The number of carbonyl (C=O) groups is 1. The van der Waals surface area contributed by atoms with E-state index in [-0.39, 0.29) is 0 Å². The van der Waals surface area contributed by atoms with Crippen molar-refractivity contribution in [1.82, 2.24) is 10.1 Å². The van der Waals surface area contributed by atoms with Crippen molar-refractivity contribution < 1.29 is 9.32 Å². The Morgan fingerprint density at radius 1 is 1.13 bits per heavy atom. The van der Waals surface area contributed by atoms with Crippen LogP contribution in [0.2, 0.25) is 5.02 Å². The van der Waals surface area contributed by atoms with E-state index in [2.05, 4.69) is 10.1 Å². The standard InChI is InChI=1S/C18H13ClN2O2/c19-16-5-1-3-14(11-16)12-17-20-18(23-21-17)15-8-6-13(7-9-15)4-2-10-22/h1-11H,12H2/b4-2+. The zero-order chi connectivity index (χ0) is 16.1. The Morgan fingerprint density at radius 2 is 1.96 bits per heavy atom. The molecule has 0 saturated carbocycles. The Kier molecular flexibility index (Phi) is 4.64. The Hall–Kier alpha value is -2.72. The lowest BCUT2D eigenvalue weighted by atomic mass is 10.1. The van der Waals surface area contributed by atoms with Crippen molar-refractivity contribution in [2.24, 2.45) is 0 Å². The minimum Gasteiger partial charge on any atom is -0.334 e. The molecule has 3 rings (SSSR count). The van der Waals surface area contributed by atoms with Crippen LogP contribution in [0.25, 0.3) is 17.5 Å². The van der Waals surface area contributed by atoms with Gasteiger partial charge in [-0.05, 0) is 41.5 Å². The lowest BCUT2D eigenvalue weighted by molar-refractivity contribution is -0.104. The van der Waals surface area contributed by atoms with Crippen LogP contribution < -0.4 is 0 Å². The van der Waals surface area contributed by atoms with E-state index in [1.807, 2.05) is 48.5 Å². The molecular formula is C18H13ClN2O2. The maximum Gasteiger partial charge on any atom is 0.257 e. The number of rotatable bonds is 5. The fraction of sp³-hybridized carbons (Fsp3) is 0.0556. The summed E-state index contributed by atoms with van der Waals surface area (Å²) in [7, 11) is 0. The van der Waals surface area contributed by atoms with Crippen molar-refractivity contribution in [1.29, 1.82) is 0 Å². The van der Waals surface area contributed by atoms with Crippen LogP contribution in [0.1, 0.15) is 17.0 Å². The van der Waals surface area contributed by atoms with E-state index >= 15 is 0 Å². The number of benzene rings is 2. The highest BCUT2D eigenvalue weighted by Gasteiger charge is 2.09. The van der Waals surface area contributed by atoms with E-state index in [0.717, 1.165) is 23.0 Å². The van der Waals surface area contributed by atoms with Crippen LogP contribution in [-0.2, 0) is 11.2 Å². The molecule has 0 bridgehead atoms. The van der Waals surface area contributed by atoms with Gasteiger partial charge in [0.2, 0.25) is 0 Å². The van der Waals surface area contributed by atoms with Gasteiger partial charge in [-0.2, -0.15) is 4.98 Å². The van der Waals surface area contributed by atoms with Crippen LogP contribution in [0.5, 0.6) is 0 Å². The summed E-state index contributed by atoms with van der Waals surface area (Å²) in [5, 5.41) is 4.69. The number of halogens is 1. The number of nitrogens with zero attached hydrogens (tertiary/aromatic N) is 2. The smallest absolute Gasteiger partial charge is 0.257 e. The van der Waals surface area contributed by atoms with Gasteiger partial charge in [-0.3, -0.25) is 4.79 Å². The second-order valence-corrected chi connectivity index (χ2v) is 5.38. The number of hydrogen-bond donors (Lipinski definition) is 0. The van der Waals surface area contributed by atoms with Crippen LogP contribution in [0.3, 0.4) is 0 Å². The highest BCUT2D eigenvalue weighted by molar-refractivity contribution is 6.30. The fourth-order valence-corrected chi connectivity index (χ4v) is 2.37. The molecule has 0 radical (unpaired) electrons. The molecule has 0 aliphatic rings. The Morgan fingerprint density at radius 3 is 2.70 bits per heavy atom. The summed E-state index contributed by atoms with van der Waals surface area (Å²) < 4.78 is 5.31. The molecule has 0 spiro atoms. The molecule has 0 atom stereocenters. The normalized spacial score (nSPS) is 11.0. The van der Waals surface area contributed by atoms with Gasteiger partial charge in [0.1, 0.15) is 6.29 Å². The van der Waals surface area contributed by atoms with E-state index < -0.39 is 0 Å². The third-order valence-electron chi connectivity index (χ3n) is 3.24. The molecule has 0 N–H and O–H groups in total. The molecule has 2 aromatic carbocycles. The summed E-state index contributed by atoms with van der Waals surface area (Å²) in [5.41, 5.74) is 2.79. The third kappa shape index (κ3) is 3.93. The van der Waals surface area contributed by atoms with Gasteiger partial charge in [-0.25, -0.2) is 0 Å². The first-order valence-electron chi connectivity index (χ1n) is 7.04. The second-order valence-electron chi connectivity index (χ2n) is 4.94. The number of allylic oxidation sites excluding steroid dienone is 1. The van der Waals surface area contributed by atoms with Crippen molar-refractivity contribution in [2.45, 2.75) is 6.42 Å². The van der Waals surface area contributed by atoms with E-state index in [9.17, 15) is 4.79 Å². The summed E-state index contributed by atoms with van der Waals surface area (Å²) in [5.74, 6) is 1.07. The van der Waals surface area contributed by atoms with Gasteiger partial charge in [0.05, 0.1) is 0 Å². The van der Waals surface area contributed by atoms with Gasteiger partial charge in [0.15, 0.2) is 5.82 Å². The van der Waals surface area contributed by atoms with Crippen LogP contribution in [0.4, 0.5) is 0 Å². The van der Waals surface area contributed by atoms with Crippen molar-refractivity contribution in [3.05, 3.63) is 76.6 Å². The first-order chi connectivity index (χ1) is 11.2. The van der Waals surface area contributed by atoms with Gasteiger partial charge < -0.3 is 4.52 Å². The van der Waals surface area contributed by atoms with E-state index in [1.165, 1.54) is 6.08 Å². The number of hydrogen-bond acceptors (Lipinski definition) is 4. The minimum atomic E-state index is 0.466. The summed E-state index contributed by atoms with van der Waals surface area (Å²) in [6.07, 6.45) is 4.48. The average molecular weight is 325 g/mol. The average Bonchev–Trinajstić information content (AvgIpc) is 3.02. The SMILES string of the molecule is O=C/C=C/c1ccc(-c2nc(Cc3cccc(Cl)c3)no2)cc1. The Labute approximate surface area is 138 Å². The van der Waals surface area contributed by atoms with Crippen LogP contribution >= 0.6 is 11.6 Å². The molecule has 4 nitrogen and oxygen atoms in total. The van der Waals surface area contributed by atoms with Gasteiger partial charge in [0.25, 0.3) is 5.89 Å². The van der Waals surface area contributed by atoms with Gasteiger partial charge in [-0.1, -0.05) is 47.1 Å². The monoisotopic (exact) mass is 324 g/mol. The quantitative estimate of drug-likeness (QED) is 0.521. The summed E-state index contributed by atoms with van der Waals surface area (Å²) >= 11 is 5.97. The third-order valence-corrected chi connectivity index (χ3v) is 3.48. The Bertz CT molecular complexity index is 838. The Balaban J connectivity index is 1.76. The fourth-order valence-electron chi connectivity index (χ4n) is 2.16. The largest absolute Gasteiger partial charge is 0.334 e. The molecule has 3 aromatic rings. The topological polar surface area (TPSA) is 56.0 Å². The zero-order valence-corrected chi connectivity index (χ0v) is 12.9. The molecule has 1 heterocycles. The van der Waals surface area contributed by atoms with Crippen LogP contribution in [-0.4, -0.2) is 16.4 Å². The van der Waals surface area contributed by atoms with Gasteiger partial charge in [0, 0.05) is 17.0 Å². The summed E-state index contributed by atoms with van der Waals surface area (Å²) in [4.78, 5) is 14.7. The molecule has 0 fully saturated rings. The first-order valence-corrected chi connectivity index (χ1v) is 7.42. The highest BCUT2D eigenvalue weighted by atomic mass is 35.5. The van der Waals surface area contributed by atoms with Crippen LogP contribution in [0, 0.1) is 0 Å². The molecule has 1 aromatic heterocycles. The first kappa shape index (κ1) is 15.2. The molecule has 0 aliphatic carbocycles. The summed E-state index contributed by atoms with van der Waals surface area (Å²) in [6, 6.07) is 15.1. The van der Waals surface area contributed by atoms with Crippen LogP contribution in [0.15, 0.2) is 59.1 Å². The highest BCUT2D eigenvalue weighted by Crippen LogP contribution is 2.20. The van der Waals surface area contributed by atoms with E-state index in [4.69, 9.17) is 16.1 Å². The molecule has 114 valence electrons. The lowest BCUT2D eigenvalue weighted by Gasteiger charge is -1.97. The van der Waals surface area contributed by atoms with Gasteiger partial charge in [-0.15, -0.1) is 0 Å². The van der Waals surface area contributed by atoms with Crippen molar-refractivity contribution >= 4 is 24.0 Å². The molecular weight excluding hydrogens is 312 g/mol. The lowest BCUT2D eigenvalue weighted by Crippen LogP contribution is -1.90. The summed E-state index contributed by atoms with van der Waals surface area (Å²) in [6.45, 7) is 0. The zero-order valence-electron chi connectivity index (χ0n) is 12.1. The molecule has 0 amide bonds. The van der Waals surface area contributed by atoms with Gasteiger partial charge >= 0.3 is 0 Å². The minimum absolute atomic E-state index is 0.466. The molecule has 0 unspecified atom stereocenters. The second kappa shape index (κ2) is 7.03. The maximum absolute atomic E-state index is 10.3. The number of aromatic nitrogens is 2. The molecule has 23 heavy (non-hydrogen) atoms. The molecule has 5 heteroatoms. The molecule has 0 aliphatic heterocycles. The van der Waals surface area contributed by atoms with Crippen molar-refractivity contribution in [2.75, 3.05) is 0 Å². The number of aldehydes is 1. The predicted octanol–water partition coefficient (Wildman–Crippen LogP) is 4.19. The predicted molar refractivity (Wildman–Crippen MR) is 89.1 cm³/mol. The van der Waals surface area contributed by atoms with Crippen molar-refractivity contribution in [3.8, 4) is 11.5 Å². The molecule has 0 saturated heterocycles. The van der Waals surface area contributed by atoms with E-state index in [1.54, 1.807) is 6.08 Å². The number of carbonyl (C=O) groups excluding carboxylic acids is 1. The van der Waals surface area contributed by atoms with Crippen molar-refractivity contribution in [3.63, 3.8) is 0 Å². The van der Waals surface area contributed by atoms with E-state index in [0.29, 0.717) is 23.2 Å².